The third-order valence-electron chi connectivity index (χ3n) is 5.86. The van der Waals surface area contributed by atoms with Gasteiger partial charge in [-0.3, -0.25) is 4.72 Å². The summed E-state index contributed by atoms with van der Waals surface area (Å²) in [7, 11) is -3.02. The fourth-order valence-corrected chi connectivity index (χ4v) is 6.19. The number of hydrogen-bond donors (Lipinski definition) is 2. The van der Waals surface area contributed by atoms with Crippen molar-refractivity contribution in [3.63, 3.8) is 0 Å². The summed E-state index contributed by atoms with van der Waals surface area (Å²) >= 11 is 1.39. The van der Waals surface area contributed by atoms with E-state index in [1.807, 2.05) is 6.92 Å². The van der Waals surface area contributed by atoms with Crippen LogP contribution in [0, 0.1) is 24.5 Å². The molecule has 35 heavy (non-hydrogen) atoms. The van der Waals surface area contributed by atoms with Crippen molar-refractivity contribution in [3.8, 4) is 16.3 Å². The van der Waals surface area contributed by atoms with Gasteiger partial charge in [-0.2, -0.15) is 0 Å². The first-order valence-electron chi connectivity index (χ1n) is 11.0. The summed E-state index contributed by atoms with van der Waals surface area (Å²) in [6, 6.07) is 4.18. The van der Waals surface area contributed by atoms with Gasteiger partial charge in [-0.1, -0.05) is 11.3 Å². The molecule has 8 nitrogen and oxygen atoms in total. The lowest BCUT2D eigenvalue weighted by Gasteiger charge is -2.28. The number of halogens is 2. The Hall–Kier alpha value is -2.83. The van der Waals surface area contributed by atoms with Crippen LogP contribution < -0.4 is 14.8 Å². The highest BCUT2D eigenvalue weighted by atomic mass is 32.2. The summed E-state index contributed by atoms with van der Waals surface area (Å²) in [5.41, 5.74) is 0.846. The van der Waals surface area contributed by atoms with Crippen LogP contribution in [0.25, 0.3) is 10.4 Å². The number of aromatic nitrogens is 2. The van der Waals surface area contributed by atoms with Crippen molar-refractivity contribution in [2.75, 3.05) is 30.4 Å². The SMILES string of the molecule is COc1ncc(-c2sc(NC(C)C3CCOCC3)nc2C)cc1S(=O)(=O)Nc1ccc(F)cc1F. The number of hydrogen-bond acceptors (Lipinski definition) is 8. The number of thiazole rings is 1. The average molecular weight is 525 g/mol. The molecule has 12 heteroatoms. The second kappa shape index (κ2) is 10.4. The van der Waals surface area contributed by atoms with Gasteiger partial charge in [0.25, 0.3) is 10.0 Å². The first-order valence-corrected chi connectivity index (χ1v) is 13.3. The van der Waals surface area contributed by atoms with Gasteiger partial charge in [0, 0.05) is 37.1 Å². The van der Waals surface area contributed by atoms with Crippen LogP contribution in [0.1, 0.15) is 25.5 Å². The zero-order chi connectivity index (χ0) is 25.2. The van der Waals surface area contributed by atoms with Gasteiger partial charge in [-0.05, 0) is 50.8 Å². The minimum atomic E-state index is -4.30. The smallest absolute Gasteiger partial charge is 0.267 e. The molecule has 0 spiro atoms. The van der Waals surface area contributed by atoms with Crippen molar-refractivity contribution >= 4 is 32.2 Å². The fraction of sp³-hybridized carbons (Fsp3) is 0.391. The summed E-state index contributed by atoms with van der Waals surface area (Å²) in [6.45, 7) is 5.46. The van der Waals surface area contributed by atoms with Crippen LogP contribution >= 0.6 is 11.3 Å². The number of ether oxygens (including phenoxy) is 2. The van der Waals surface area contributed by atoms with Gasteiger partial charge in [-0.25, -0.2) is 27.2 Å². The van der Waals surface area contributed by atoms with E-state index in [1.165, 1.54) is 30.7 Å². The van der Waals surface area contributed by atoms with Crippen molar-refractivity contribution < 1.29 is 26.7 Å². The van der Waals surface area contributed by atoms with Crippen LogP contribution in [-0.2, 0) is 14.8 Å². The summed E-state index contributed by atoms with van der Waals surface area (Å²) in [5, 5.41) is 4.18. The molecule has 1 fully saturated rings. The Labute approximate surface area is 206 Å². The fourth-order valence-electron chi connectivity index (χ4n) is 3.93. The Morgan fingerprint density at radius 1 is 1.23 bits per heavy atom. The van der Waals surface area contributed by atoms with E-state index in [0.29, 0.717) is 23.2 Å². The molecule has 0 bridgehead atoms. The van der Waals surface area contributed by atoms with Crippen LogP contribution in [0.5, 0.6) is 5.88 Å². The summed E-state index contributed by atoms with van der Waals surface area (Å²) in [5.74, 6) is -1.53. The highest BCUT2D eigenvalue weighted by Gasteiger charge is 2.25. The maximum atomic E-state index is 14.1. The normalized spacial score (nSPS) is 15.6. The quantitative estimate of drug-likeness (QED) is 0.435. The lowest BCUT2D eigenvalue weighted by molar-refractivity contribution is 0.0622. The standard InChI is InChI=1S/C23H26F2N4O4S2/c1-13(15-6-8-33-9-7-15)27-23-28-14(2)21(34-23)16-10-20(22(32-3)26-12-16)35(30,31)29-19-5-4-17(24)11-18(19)25/h4-5,10-13,15,29H,6-9H2,1-3H3,(H,27,28). The van der Waals surface area contributed by atoms with Gasteiger partial charge < -0.3 is 14.8 Å². The number of anilines is 2. The molecule has 2 aromatic heterocycles. The molecular weight excluding hydrogens is 498 g/mol. The van der Waals surface area contributed by atoms with Crippen LogP contribution in [0.15, 0.2) is 35.4 Å². The predicted molar refractivity (Wildman–Crippen MR) is 130 cm³/mol. The topological polar surface area (TPSA) is 102 Å². The van der Waals surface area contributed by atoms with E-state index in [2.05, 4.69) is 26.9 Å². The number of benzene rings is 1. The Balaban J connectivity index is 1.62. The molecule has 0 radical (unpaired) electrons. The number of pyridine rings is 1. The second-order valence-electron chi connectivity index (χ2n) is 8.28. The Kier molecular flexibility index (Phi) is 7.53. The number of nitrogens with one attached hydrogen (secondary N) is 2. The van der Waals surface area contributed by atoms with Crippen LogP contribution in [0.3, 0.4) is 0 Å². The van der Waals surface area contributed by atoms with Crippen LogP contribution in [-0.4, -0.2) is 44.8 Å². The van der Waals surface area contributed by atoms with Crippen LogP contribution in [0.4, 0.5) is 19.6 Å². The molecule has 1 aliphatic rings. The highest BCUT2D eigenvalue weighted by molar-refractivity contribution is 7.92. The summed E-state index contributed by atoms with van der Waals surface area (Å²) < 4.78 is 66.2. The van der Waals surface area contributed by atoms with Gasteiger partial charge in [0.15, 0.2) is 5.13 Å². The van der Waals surface area contributed by atoms with Gasteiger partial charge in [0.05, 0.1) is 23.4 Å². The van der Waals surface area contributed by atoms with Gasteiger partial charge in [-0.15, -0.1) is 0 Å². The number of methoxy groups -OCH3 is 1. The van der Waals surface area contributed by atoms with Crippen molar-refractivity contribution in [2.45, 2.75) is 37.6 Å². The van der Waals surface area contributed by atoms with E-state index in [-0.39, 0.29) is 22.5 Å². The Morgan fingerprint density at radius 3 is 2.66 bits per heavy atom. The highest BCUT2D eigenvalue weighted by Crippen LogP contribution is 2.36. The number of nitrogens with zero attached hydrogens (tertiary/aromatic N) is 2. The molecule has 3 aromatic rings. The van der Waals surface area contributed by atoms with Gasteiger partial charge in [0.1, 0.15) is 16.5 Å². The summed E-state index contributed by atoms with van der Waals surface area (Å²) in [6.07, 6.45) is 3.47. The zero-order valence-corrected chi connectivity index (χ0v) is 21.1. The largest absolute Gasteiger partial charge is 0.480 e. The summed E-state index contributed by atoms with van der Waals surface area (Å²) in [4.78, 5) is 9.23. The molecule has 3 heterocycles. The molecule has 4 rings (SSSR count). The molecule has 2 N–H and O–H groups in total. The van der Waals surface area contributed by atoms with E-state index in [9.17, 15) is 17.2 Å². The molecule has 1 aliphatic heterocycles. The molecule has 1 unspecified atom stereocenters. The van der Waals surface area contributed by atoms with E-state index in [0.717, 1.165) is 48.2 Å². The predicted octanol–water partition coefficient (Wildman–Crippen LogP) is 4.83. The van der Waals surface area contributed by atoms with Crippen molar-refractivity contribution in [2.24, 2.45) is 5.92 Å². The first kappa shape index (κ1) is 25.3. The van der Waals surface area contributed by atoms with E-state index < -0.39 is 21.7 Å². The monoisotopic (exact) mass is 524 g/mol. The molecule has 0 saturated carbocycles. The number of rotatable bonds is 8. The molecule has 0 aliphatic carbocycles. The minimum absolute atomic E-state index is 0.155. The minimum Gasteiger partial charge on any atom is -0.480 e. The van der Waals surface area contributed by atoms with Crippen molar-refractivity contribution in [1.82, 2.24) is 9.97 Å². The molecule has 1 saturated heterocycles. The average Bonchev–Trinajstić information content (AvgIpc) is 3.20. The van der Waals surface area contributed by atoms with E-state index in [1.54, 1.807) is 0 Å². The lowest BCUT2D eigenvalue weighted by atomic mass is 9.93. The Morgan fingerprint density at radius 2 is 1.97 bits per heavy atom. The molecule has 0 amide bonds. The first-order chi connectivity index (χ1) is 16.7. The molecular formula is C23H26F2N4O4S2. The van der Waals surface area contributed by atoms with E-state index in [4.69, 9.17) is 9.47 Å². The van der Waals surface area contributed by atoms with Crippen molar-refractivity contribution in [1.29, 1.82) is 0 Å². The van der Waals surface area contributed by atoms with E-state index >= 15 is 0 Å². The van der Waals surface area contributed by atoms with Crippen LogP contribution in [0.2, 0.25) is 0 Å². The lowest BCUT2D eigenvalue weighted by Crippen LogP contribution is -2.30. The van der Waals surface area contributed by atoms with Crippen molar-refractivity contribution in [3.05, 3.63) is 47.8 Å². The third-order valence-corrected chi connectivity index (χ3v) is 8.36. The number of sulfonamides is 1. The Bertz CT molecular complexity index is 1310. The molecule has 188 valence electrons. The molecule has 1 atom stereocenters. The third kappa shape index (κ3) is 5.71. The second-order valence-corrected chi connectivity index (χ2v) is 10.9. The zero-order valence-electron chi connectivity index (χ0n) is 19.5. The maximum absolute atomic E-state index is 14.1. The maximum Gasteiger partial charge on any atom is 0.267 e. The van der Waals surface area contributed by atoms with Gasteiger partial charge >= 0.3 is 0 Å². The number of aryl methyl sites for hydroxylation is 1. The molecule has 1 aromatic carbocycles. The van der Waals surface area contributed by atoms with Gasteiger partial charge in [0.2, 0.25) is 5.88 Å².